The number of nitrogens with zero attached hydrogens (tertiary/aromatic N) is 11. The summed E-state index contributed by atoms with van der Waals surface area (Å²) in [5, 5.41) is 32.8. The van der Waals surface area contributed by atoms with Crippen LogP contribution in [0.1, 0.15) is 115 Å². The van der Waals surface area contributed by atoms with Gasteiger partial charge in [-0.2, -0.15) is 10.5 Å². The van der Waals surface area contributed by atoms with Crippen molar-refractivity contribution >= 4 is 69.3 Å². The SMILES string of the molecule is CC(C)(C)Cn1c(CBr)cc2cnc(C#N)nc21.CN(C)CCOc1ccc(C2CCN(Cc3cc4cnc(C#N)nc4n3CC(C)(C)C)CC2)cc1.CN(C)CCOc1ccc(C2CCNCC2)cc1.Cl.Cl.O=CO[O-].[H-].[K+].[K+]. The summed E-state index contributed by atoms with van der Waals surface area (Å²) >= 11 is 3.50. The molecule has 0 spiro atoms. The summed E-state index contributed by atoms with van der Waals surface area (Å²) < 4.78 is 16.0. The van der Waals surface area contributed by atoms with Crippen LogP contribution in [-0.2, 0) is 34.6 Å². The Kier molecular flexibility index (Phi) is 36.0. The van der Waals surface area contributed by atoms with Crippen LogP contribution in [0, 0.1) is 33.5 Å². The maximum atomic E-state index is 9.28. The van der Waals surface area contributed by atoms with Crippen LogP contribution >= 0.6 is 40.7 Å². The van der Waals surface area contributed by atoms with Crippen molar-refractivity contribution in [2.45, 2.75) is 104 Å². The largest absolute Gasteiger partial charge is 1.00 e. The molecule has 2 aliphatic heterocycles. The minimum Gasteiger partial charge on any atom is -1.00 e. The number of rotatable bonds is 16. The molecule has 1 N–H and O–H groups in total. The maximum Gasteiger partial charge on any atom is 1.00 e. The second kappa shape index (κ2) is 37.9. The van der Waals surface area contributed by atoms with E-state index in [2.05, 4.69) is 206 Å². The molecule has 79 heavy (non-hydrogen) atoms. The Morgan fingerprint density at radius 2 is 1.10 bits per heavy atom. The van der Waals surface area contributed by atoms with Crippen molar-refractivity contribution in [3.05, 3.63) is 107 Å². The molecular formula is C57H81BrCl2K2N12O5. The maximum absolute atomic E-state index is 9.28. The zero-order valence-corrected chi connectivity index (χ0v) is 58.1. The van der Waals surface area contributed by atoms with E-state index >= 15 is 0 Å². The van der Waals surface area contributed by atoms with Crippen molar-refractivity contribution in [3.8, 4) is 23.6 Å². The van der Waals surface area contributed by atoms with Crippen LogP contribution in [0.5, 0.6) is 11.5 Å². The first-order valence-corrected chi connectivity index (χ1v) is 26.9. The molecule has 0 atom stereocenters. The molecule has 0 aliphatic carbocycles. The Bertz CT molecular complexity index is 2790. The number of fused-ring (bicyclic) bond motifs is 2. The van der Waals surface area contributed by atoms with E-state index in [0.29, 0.717) is 12.5 Å². The summed E-state index contributed by atoms with van der Waals surface area (Å²) in [4.78, 5) is 35.1. The molecule has 8 rings (SSSR count). The van der Waals surface area contributed by atoms with Gasteiger partial charge in [-0.3, -0.25) is 9.69 Å². The van der Waals surface area contributed by atoms with Crippen molar-refractivity contribution in [3.63, 3.8) is 0 Å². The Balaban J connectivity index is 0.00000118. The Hall–Kier alpha value is -2.14. The number of carbonyl (C=O) groups is 1. The fourth-order valence-corrected chi connectivity index (χ4v) is 9.48. The molecule has 2 fully saturated rings. The Labute approximate surface area is 576 Å². The summed E-state index contributed by atoms with van der Waals surface area (Å²) in [7, 11) is 8.23. The summed E-state index contributed by atoms with van der Waals surface area (Å²) in [5.74, 6) is 3.69. The van der Waals surface area contributed by atoms with Gasteiger partial charge in [-0.1, -0.05) is 81.7 Å². The third-order valence-electron chi connectivity index (χ3n) is 12.7. The predicted octanol–water partition coefficient (Wildman–Crippen LogP) is 3.41. The molecule has 6 aromatic rings. The first-order valence-electron chi connectivity index (χ1n) is 25.8. The van der Waals surface area contributed by atoms with Crippen molar-refractivity contribution < 1.29 is 129 Å². The van der Waals surface area contributed by atoms with Crippen LogP contribution in [0.3, 0.4) is 0 Å². The molecule has 0 bridgehead atoms. The Morgan fingerprint density at radius 3 is 1.47 bits per heavy atom. The number of hydrogen-bond donors (Lipinski definition) is 1. The average molecular weight is 1240 g/mol. The Morgan fingerprint density at radius 1 is 0.709 bits per heavy atom. The number of alkyl halides is 1. The normalized spacial score (nSPS) is 13.7. The number of nitriles is 2. The van der Waals surface area contributed by atoms with E-state index in [4.69, 9.17) is 24.8 Å². The number of carbonyl (C=O) groups excluding carboxylic acids is 1. The van der Waals surface area contributed by atoms with Gasteiger partial charge >= 0.3 is 103 Å². The number of piperidine rings is 2. The van der Waals surface area contributed by atoms with E-state index < -0.39 is 0 Å². The van der Waals surface area contributed by atoms with Gasteiger partial charge < -0.3 is 45.3 Å². The monoisotopic (exact) mass is 1240 g/mol. The molecule has 0 radical (unpaired) electrons. The van der Waals surface area contributed by atoms with Crippen LogP contribution in [0.2, 0.25) is 0 Å². The zero-order valence-electron chi connectivity index (χ0n) is 49.6. The molecule has 2 aliphatic rings. The van der Waals surface area contributed by atoms with Gasteiger partial charge in [0.2, 0.25) is 11.6 Å². The number of aromatic nitrogens is 6. The number of halogens is 3. The van der Waals surface area contributed by atoms with Gasteiger partial charge in [0.1, 0.15) is 48.1 Å². The van der Waals surface area contributed by atoms with Crippen LogP contribution in [0.4, 0.5) is 0 Å². The first kappa shape index (κ1) is 74.9. The third-order valence-corrected chi connectivity index (χ3v) is 13.3. The van der Waals surface area contributed by atoms with Crippen molar-refractivity contribution in [1.82, 2.24) is 49.1 Å². The fourth-order valence-electron chi connectivity index (χ4n) is 9.01. The molecule has 422 valence electrons. The second-order valence-electron chi connectivity index (χ2n) is 22.1. The van der Waals surface area contributed by atoms with E-state index in [9.17, 15) is 5.26 Å². The molecule has 6 heterocycles. The van der Waals surface area contributed by atoms with E-state index in [1.807, 2.05) is 6.07 Å². The van der Waals surface area contributed by atoms with Gasteiger partial charge in [-0.15, -0.1) is 24.8 Å². The molecule has 2 saturated heterocycles. The van der Waals surface area contributed by atoms with Crippen LogP contribution in [0.15, 0.2) is 73.1 Å². The molecule has 17 nitrogen and oxygen atoms in total. The molecule has 2 aromatic carbocycles. The fraction of sp³-hybridized carbons (Fsp3) is 0.526. The van der Waals surface area contributed by atoms with Crippen LogP contribution in [0.25, 0.3) is 22.1 Å². The zero-order chi connectivity index (χ0) is 54.5. The minimum absolute atomic E-state index is 0. The standard InChI is InChI=1S/C28H38N6O.C15H24N2O.C13H15BrN4.CH2O3.2ClH.2K.H/c1-28(2,3)20-34-24(16-23-18-30-26(17-29)31-27(23)34)19-33-12-10-22(11-13-33)21-6-8-25(9-7-21)35-15-14-32(4)5;1-17(2)11-12-18-15-5-3-13(4-6-15)14-7-9-16-10-8-14;1-13(2,3)8-18-10(5-14)4-9-7-16-11(6-15)17-12(9)18;2-1-4-3;;;;;/h6-9,16,18,22H,10-15,19-20H2,1-5H3;3-6,14,16H,7-12H2,1-2H3;4,7H,5,8H2,1-3H3;1,3H;2*1H;;;/q;;;;;;2*+1;-1/p-1. The molecule has 0 unspecified atom stereocenters. The van der Waals surface area contributed by atoms with Crippen molar-refractivity contribution in [2.24, 2.45) is 10.8 Å². The summed E-state index contributed by atoms with van der Waals surface area (Å²) in [5.41, 5.74) is 7.23. The smallest absolute Gasteiger partial charge is 1.00 e. The van der Waals surface area contributed by atoms with E-state index in [1.54, 1.807) is 12.4 Å². The van der Waals surface area contributed by atoms with Gasteiger partial charge in [0.05, 0.1) is 0 Å². The number of benzene rings is 2. The quantitative estimate of drug-likeness (QED) is 0.0486. The van der Waals surface area contributed by atoms with Crippen LogP contribution in [-0.4, -0.2) is 131 Å². The van der Waals surface area contributed by atoms with E-state index in [0.717, 1.165) is 129 Å². The predicted molar refractivity (Wildman–Crippen MR) is 312 cm³/mol. The summed E-state index contributed by atoms with van der Waals surface area (Å²) in [6.45, 7) is 23.4. The number of likely N-dealkylation sites (tertiary alicyclic amines) is 1. The van der Waals surface area contributed by atoms with Gasteiger partial charge in [0.15, 0.2) is 0 Å². The molecule has 22 heteroatoms. The summed E-state index contributed by atoms with van der Waals surface area (Å²) in [6.07, 6.45) is 8.30. The second-order valence-corrected chi connectivity index (χ2v) is 22.6. The number of ether oxygens (including phenoxy) is 2. The summed E-state index contributed by atoms with van der Waals surface area (Å²) in [6, 6.07) is 25.7. The van der Waals surface area contributed by atoms with Gasteiger partial charge in [-0.25, -0.2) is 19.9 Å². The van der Waals surface area contributed by atoms with E-state index in [1.165, 1.54) is 29.7 Å². The number of hydrogen-bond acceptors (Lipinski definition) is 15. The topological polar surface area (TPSA) is 199 Å². The van der Waals surface area contributed by atoms with Crippen molar-refractivity contribution in [2.75, 3.05) is 80.7 Å². The van der Waals surface area contributed by atoms with Crippen molar-refractivity contribution in [1.29, 1.82) is 10.5 Å². The average Bonchev–Trinajstić information content (AvgIpc) is 3.91. The minimum atomic E-state index is -0.181. The number of likely N-dealkylation sites (N-methyl/N-ethyl adjacent to an activating group) is 2. The van der Waals surface area contributed by atoms with Crippen LogP contribution < -0.4 is 123 Å². The van der Waals surface area contributed by atoms with E-state index in [-0.39, 0.29) is 158 Å². The number of nitrogens with one attached hydrogen (secondary N) is 1. The molecular weight excluding hydrogens is 1160 g/mol. The molecule has 4 aromatic heterocycles. The third kappa shape index (κ3) is 25.7. The molecule has 0 saturated carbocycles. The van der Waals surface area contributed by atoms with Gasteiger partial charge in [-0.05, 0) is 150 Å². The molecule has 0 amide bonds. The first-order chi connectivity index (χ1) is 35.8. The van der Waals surface area contributed by atoms with Gasteiger partial charge in [0, 0.05) is 72.6 Å². The van der Waals surface area contributed by atoms with Gasteiger partial charge in [0.25, 0.3) is 6.47 Å².